The van der Waals surface area contributed by atoms with Crippen molar-refractivity contribution >= 4 is 46.3 Å². The summed E-state index contributed by atoms with van der Waals surface area (Å²) in [4.78, 5) is 40.2. The Balaban J connectivity index is 2.01. The molecule has 0 atom stereocenters. The van der Waals surface area contributed by atoms with Gasteiger partial charge in [-0.15, -0.1) is 0 Å². The SMILES string of the molecule is COC(=O)CCCn1c(NC(=O)c2csnc2C)nc2cc(C(N)=O)cc(C)c21. The Morgan fingerprint density at radius 1 is 1.28 bits per heavy atom. The van der Waals surface area contributed by atoms with Crippen LogP contribution in [0.2, 0.25) is 0 Å². The molecule has 0 radical (unpaired) electrons. The Morgan fingerprint density at radius 3 is 2.66 bits per heavy atom. The molecule has 10 heteroatoms. The molecule has 9 nitrogen and oxygen atoms in total. The minimum atomic E-state index is -0.555. The summed E-state index contributed by atoms with van der Waals surface area (Å²) in [6.07, 6.45) is 0.729. The smallest absolute Gasteiger partial charge is 0.305 e. The molecule has 0 unspecified atom stereocenters. The van der Waals surface area contributed by atoms with Crippen molar-refractivity contribution in [1.29, 1.82) is 0 Å². The molecule has 3 aromatic rings. The quantitative estimate of drug-likeness (QED) is 0.570. The van der Waals surface area contributed by atoms with Gasteiger partial charge >= 0.3 is 5.97 Å². The number of fused-ring (bicyclic) bond motifs is 1. The maximum Gasteiger partial charge on any atom is 0.305 e. The number of ether oxygens (including phenoxy) is 1. The van der Waals surface area contributed by atoms with Crippen LogP contribution in [0.3, 0.4) is 0 Å². The van der Waals surface area contributed by atoms with Crippen LogP contribution in [-0.4, -0.2) is 38.8 Å². The van der Waals surface area contributed by atoms with Crippen LogP contribution in [-0.2, 0) is 16.1 Å². The van der Waals surface area contributed by atoms with Crippen LogP contribution >= 0.6 is 11.5 Å². The average molecular weight is 415 g/mol. The molecule has 3 rings (SSSR count). The van der Waals surface area contributed by atoms with Gasteiger partial charge in [-0.2, -0.15) is 4.37 Å². The number of imidazole rings is 1. The molecule has 0 fully saturated rings. The predicted molar refractivity (Wildman–Crippen MR) is 109 cm³/mol. The van der Waals surface area contributed by atoms with Crippen LogP contribution in [0.15, 0.2) is 17.5 Å². The fourth-order valence-electron chi connectivity index (χ4n) is 3.10. The summed E-state index contributed by atoms with van der Waals surface area (Å²) in [7, 11) is 1.34. The number of methoxy groups -OCH3 is 1. The maximum absolute atomic E-state index is 12.7. The average Bonchev–Trinajstić information content (AvgIpc) is 3.25. The highest BCUT2D eigenvalue weighted by Gasteiger charge is 2.19. The van der Waals surface area contributed by atoms with Gasteiger partial charge in [-0.1, -0.05) is 0 Å². The van der Waals surface area contributed by atoms with Crippen molar-refractivity contribution in [2.75, 3.05) is 12.4 Å². The number of hydrogen-bond donors (Lipinski definition) is 2. The summed E-state index contributed by atoms with van der Waals surface area (Å²) in [6, 6.07) is 3.27. The lowest BCUT2D eigenvalue weighted by atomic mass is 10.1. The minimum absolute atomic E-state index is 0.232. The Labute approximate surface area is 171 Å². The van der Waals surface area contributed by atoms with Crippen molar-refractivity contribution in [2.24, 2.45) is 5.73 Å². The molecule has 0 aliphatic rings. The lowest BCUT2D eigenvalue weighted by Gasteiger charge is -2.11. The van der Waals surface area contributed by atoms with Gasteiger partial charge in [-0.25, -0.2) is 4.98 Å². The van der Waals surface area contributed by atoms with E-state index in [2.05, 4.69) is 19.4 Å². The molecule has 152 valence electrons. The number of benzene rings is 1. The molecular formula is C19H21N5O4S. The highest BCUT2D eigenvalue weighted by atomic mass is 32.1. The van der Waals surface area contributed by atoms with E-state index in [1.54, 1.807) is 24.4 Å². The Kier molecular flexibility index (Phi) is 5.92. The third-order valence-corrected chi connectivity index (χ3v) is 5.25. The van der Waals surface area contributed by atoms with Gasteiger partial charge in [0.1, 0.15) is 0 Å². The second-order valence-electron chi connectivity index (χ2n) is 6.56. The van der Waals surface area contributed by atoms with Crippen molar-refractivity contribution in [1.82, 2.24) is 13.9 Å². The number of nitrogens with two attached hydrogens (primary N) is 1. The van der Waals surface area contributed by atoms with E-state index in [0.29, 0.717) is 41.3 Å². The van der Waals surface area contributed by atoms with E-state index in [4.69, 9.17) is 5.73 Å². The van der Waals surface area contributed by atoms with E-state index in [1.165, 1.54) is 18.6 Å². The first-order chi connectivity index (χ1) is 13.8. The highest BCUT2D eigenvalue weighted by Crippen LogP contribution is 2.26. The van der Waals surface area contributed by atoms with Crippen LogP contribution < -0.4 is 11.1 Å². The van der Waals surface area contributed by atoms with Crippen molar-refractivity contribution in [2.45, 2.75) is 33.2 Å². The van der Waals surface area contributed by atoms with E-state index in [1.807, 2.05) is 11.5 Å². The lowest BCUT2D eigenvalue weighted by Crippen LogP contribution is -2.17. The fourth-order valence-corrected chi connectivity index (χ4v) is 3.79. The first kappa shape index (κ1) is 20.5. The lowest BCUT2D eigenvalue weighted by molar-refractivity contribution is -0.140. The monoisotopic (exact) mass is 415 g/mol. The van der Waals surface area contributed by atoms with E-state index < -0.39 is 5.91 Å². The number of anilines is 1. The van der Waals surface area contributed by atoms with Crippen molar-refractivity contribution in [3.63, 3.8) is 0 Å². The maximum atomic E-state index is 12.7. The standard InChI is InChI=1S/C19H21N5O4S/c1-10-7-12(17(20)26)8-14-16(10)24(6-4-5-15(25)28-3)19(21-14)22-18(27)13-9-29-23-11(13)2/h7-9H,4-6H2,1-3H3,(H2,20,26)(H,21,22,27). The van der Waals surface area contributed by atoms with Crippen LogP contribution in [0.1, 0.15) is 44.8 Å². The number of nitrogens with zero attached hydrogens (tertiary/aromatic N) is 3. The summed E-state index contributed by atoms with van der Waals surface area (Å²) >= 11 is 1.20. The zero-order valence-corrected chi connectivity index (χ0v) is 17.1. The molecule has 0 bridgehead atoms. The molecule has 0 spiro atoms. The number of rotatable bonds is 7. The second kappa shape index (κ2) is 8.39. The van der Waals surface area contributed by atoms with Crippen molar-refractivity contribution in [3.05, 3.63) is 39.9 Å². The largest absolute Gasteiger partial charge is 0.469 e. The first-order valence-electron chi connectivity index (χ1n) is 8.91. The van der Waals surface area contributed by atoms with Gasteiger partial charge in [0, 0.05) is 23.9 Å². The molecule has 2 heterocycles. The normalized spacial score (nSPS) is 10.9. The third kappa shape index (κ3) is 4.27. The van der Waals surface area contributed by atoms with Gasteiger partial charge in [0.15, 0.2) is 0 Å². The number of aryl methyl sites for hydroxylation is 3. The molecule has 0 aliphatic carbocycles. The van der Waals surface area contributed by atoms with Crippen LogP contribution in [0.25, 0.3) is 11.0 Å². The van der Waals surface area contributed by atoms with Crippen molar-refractivity contribution in [3.8, 4) is 0 Å². The summed E-state index contributed by atoms with van der Waals surface area (Å²) in [6.45, 7) is 4.03. The number of aromatic nitrogens is 3. The summed E-state index contributed by atoms with van der Waals surface area (Å²) in [5.41, 5.74) is 8.93. The molecule has 0 saturated heterocycles. The Hall–Kier alpha value is -3.27. The van der Waals surface area contributed by atoms with Gasteiger partial charge in [0.05, 0.1) is 29.4 Å². The van der Waals surface area contributed by atoms with Crippen LogP contribution in [0.4, 0.5) is 5.95 Å². The van der Waals surface area contributed by atoms with Crippen LogP contribution in [0, 0.1) is 13.8 Å². The number of amides is 2. The Bertz CT molecular complexity index is 1100. The topological polar surface area (TPSA) is 129 Å². The van der Waals surface area contributed by atoms with E-state index >= 15 is 0 Å². The third-order valence-electron chi connectivity index (χ3n) is 4.53. The molecule has 0 aliphatic heterocycles. The summed E-state index contributed by atoms with van der Waals surface area (Å²) < 4.78 is 10.6. The first-order valence-corrected chi connectivity index (χ1v) is 9.75. The van der Waals surface area contributed by atoms with E-state index in [9.17, 15) is 14.4 Å². The number of primary amides is 1. The molecular weight excluding hydrogens is 394 g/mol. The minimum Gasteiger partial charge on any atom is -0.469 e. The van der Waals surface area contributed by atoms with Crippen LogP contribution in [0.5, 0.6) is 0 Å². The molecule has 3 N–H and O–H groups in total. The van der Waals surface area contributed by atoms with Gasteiger partial charge < -0.3 is 15.0 Å². The van der Waals surface area contributed by atoms with Gasteiger partial charge in [-0.05, 0) is 49.5 Å². The number of carbonyl (C=O) groups is 3. The van der Waals surface area contributed by atoms with Crippen molar-refractivity contribution < 1.29 is 19.1 Å². The molecule has 2 aromatic heterocycles. The summed E-state index contributed by atoms with van der Waals surface area (Å²) in [5, 5.41) is 4.49. The zero-order chi connectivity index (χ0) is 21.1. The fraction of sp³-hybridized carbons (Fsp3) is 0.316. The predicted octanol–water partition coefficient (Wildman–Crippen LogP) is 2.41. The highest BCUT2D eigenvalue weighted by molar-refractivity contribution is 7.04. The number of esters is 1. The zero-order valence-electron chi connectivity index (χ0n) is 16.3. The van der Waals surface area contributed by atoms with Gasteiger partial charge in [0.25, 0.3) is 5.91 Å². The number of nitrogens with one attached hydrogen (secondary N) is 1. The molecule has 2 amide bonds. The van der Waals surface area contributed by atoms with E-state index in [0.717, 1.165) is 11.1 Å². The summed E-state index contributed by atoms with van der Waals surface area (Å²) in [5.74, 6) is -0.868. The Morgan fingerprint density at radius 2 is 2.03 bits per heavy atom. The molecule has 29 heavy (non-hydrogen) atoms. The molecule has 1 aromatic carbocycles. The van der Waals surface area contributed by atoms with E-state index in [-0.39, 0.29) is 18.3 Å². The number of hydrogen-bond acceptors (Lipinski definition) is 7. The van der Waals surface area contributed by atoms with Gasteiger partial charge in [0.2, 0.25) is 11.9 Å². The van der Waals surface area contributed by atoms with Gasteiger partial charge in [-0.3, -0.25) is 19.7 Å². The number of carbonyl (C=O) groups excluding carboxylic acids is 3. The second-order valence-corrected chi connectivity index (χ2v) is 7.19. The molecule has 0 saturated carbocycles.